The molecule has 0 aliphatic carbocycles. The Morgan fingerprint density at radius 1 is 0.462 bits per heavy atom. The molecule has 0 saturated carbocycles. The SMILES string of the molecule is CC/C=C/C/C=C/C/C=C/C/C=C/CCCCCCCCCC(=O)OCC(COCCC(C(=O)O)[N+](C)(C)C)OC(=O)CCCCCCCCCCCCC/C=C/C/C=C/C/C=C/CC. The zero-order valence-corrected chi connectivity index (χ0v) is 42.4. The summed E-state index contributed by atoms with van der Waals surface area (Å²) in [5.41, 5.74) is 0. The highest BCUT2D eigenvalue weighted by atomic mass is 16.6. The van der Waals surface area contributed by atoms with Gasteiger partial charge in [-0.1, -0.05) is 189 Å². The van der Waals surface area contributed by atoms with Crippen molar-refractivity contribution >= 4 is 17.9 Å². The third-order valence-corrected chi connectivity index (χ3v) is 11.3. The largest absolute Gasteiger partial charge is 0.477 e. The summed E-state index contributed by atoms with van der Waals surface area (Å²) < 4.78 is 17.4. The fraction of sp³-hybridized carbons (Fsp3) is 0.702. The summed E-state index contributed by atoms with van der Waals surface area (Å²) in [6, 6.07) is -0.621. The van der Waals surface area contributed by atoms with Gasteiger partial charge in [-0.3, -0.25) is 9.59 Å². The summed E-state index contributed by atoms with van der Waals surface area (Å²) in [6.07, 6.45) is 62.0. The van der Waals surface area contributed by atoms with Gasteiger partial charge in [0, 0.05) is 19.3 Å². The Labute approximate surface area is 399 Å². The molecule has 0 aliphatic rings. The van der Waals surface area contributed by atoms with Gasteiger partial charge in [0.1, 0.15) is 6.61 Å². The number of hydrogen-bond donors (Lipinski definition) is 1. The molecule has 0 aromatic rings. The number of rotatable bonds is 46. The molecule has 0 aromatic carbocycles. The summed E-state index contributed by atoms with van der Waals surface area (Å²) in [5.74, 6) is -1.49. The van der Waals surface area contributed by atoms with E-state index >= 15 is 0 Å². The molecule has 0 radical (unpaired) electrons. The second kappa shape index (κ2) is 47.0. The lowest BCUT2D eigenvalue weighted by molar-refractivity contribution is -0.887. The molecule has 0 aromatic heterocycles. The van der Waals surface area contributed by atoms with E-state index in [1.54, 1.807) is 0 Å². The highest BCUT2D eigenvalue weighted by molar-refractivity contribution is 5.72. The van der Waals surface area contributed by atoms with Gasteiger partial charge in [0.25, 0.3) is 0 Å². The van der Waals surface area contributed by atoms with E-state index in [1.807, 2.05) is 21.1 Å². The van der Waals surface area contributed by atoms with Crippen LogP contribution in [0.1, 0.15) is 206 Å². The van der Waals surface area contributed by atoms with Gasteiger partial charge >= 0.3 is 17.9 Å². The molecule has 8 nitrogen and oxygen atoms in total. The van der Waals surface area contributed by atoms with Crippen molar-refractivity contribution in [1.29, 1.82) is 0 Å². The first-order valence-corrected chi connectivity index (χ1v) is 26.1. The van der Waals surface area contributed by atoms with Gasteiger partial charge in [0.05, 0.1) is 34.4 Å². The van der Waals surface area contributed by atoms with Crippen molar-refractivity contribution in [3.63, 3.8) is 0 Å². The molecule has 0 bridgehead atoms. The quantitative estimate of drug-likeness (QED) is 0.0281. The molecule has 8 heteroatoms. The van der Waals surface area contributed by atoms with Gasteiger partial charge in [-0.15, -0.1) is 0 Å². The monoisotopic (exact) mass is 909 g/mol. The van der Waals surface area contributed by atoms with Gasteiger partial charge in [-0.25, -0.2) is 4.79 Å². The van der Waals surface area contributed by atoms with Crippen LogP contribution < -0.4 is 0 Å². The summed E-state index contributed by atoms with van der Waals surface area (Å²) in [6.45, 7) is 4.51. The van der Waals surface area contributed by atoms with Crippen LogP contribution in [0.2, 0.25) is 0 Å². The van der Waals surface area contributed by atoms with E-state index in [4.69, 9.17) is 14.2 Å². The molecule has 2 unspecified atom stereocenters. The van der Waals surface area contributed by atoms with E-state index < -0.39 is 18.1 Å². The average Bonchev–Trinajstić information content (AvgIpc) is 3.27. The van der Waals surface area contributed by atoms with Gasteiger partial charge in [-0.05, 0) is 83.5 Å². The highest BCUT2D eigenvalue weighted by Crippen LogP contribution is 2.15. The van der Waals surface area contributed by atoms with Crippen LogP contribution in [-0.2, 0) is 28.6 Å². The minimum atomic E-state index is -0.879. The maximum atomic E-state index is 12.8. The van der Waals surface area contributed by atoms with E-state index in [2.05, 4.69) is 98.9 Å². The van der Waals surface area contributed by atoms with E-state index in [0.717, 1.165) is 89.9 Å². The number of esters is 2. The Bertz CT molecular complexity index is 1330. The van der Waals surface area contributed by atoms with Crippen LogP contribution in [0.3, 0.4) is 0 Å². The molecular formula is C57H98NO7+. The predicted octanol–water partition coefficient (Wildman–Crippen LogP) is 15.3. The third kappa shape index (κ3) is 45.5. The van der Waals surface area contributed by atoms with Crippen LogP contribution in [-0.4, -0.2) is 80.6 Å². The number of unbranched alkanes of at least 4 members (excludes halogenated alkanes) is 18. The number of allylic oxidation sites excluding steroid dienone is 14. The minimum absolute atomic E-state index is 0.0529. The minimum Gasteiger partial charge on any atom is -0.477 e. The molecule has 0 fully saturated rings. The highest BCUT2D eigenvalue weighted by Gasteiger charge is 2.31. The van der Waals surface area contributed by atoms with Gasteiger partial charge in [0.2, 0.25) is 0 Å². The summed E-state index contributed by atoms with van der Waals surface area (Å²) >= 11 is 0. The predicted molar refractivity (Wildman–Crippen MR) is 275 cm³/mol. The van der Waals surface area contributed by atoms with Crippen LogP contribution >= 0.6 is 0 Å². The molecule has 1 N–H and O–H groups in total. The van der Waals surface area contributed by atoms with Gasteiger partial charge < -0.3 is 23.8 Å². The lowest BCUT2D eigenvalue weighted by Crippen LogP contribution is -2.50. The Morgan fingerprint density at radius 3 is 1.20 bits per heavy atom. The smallest absolute Gasteiger partial charge is 0.362 e. The molecule has 0 rings (SSSR count). The molecule has 0 amide bonds. The zero-order chi connectivity index (χ0) is 47.7. The van der Waals surface area contributed by atoms with Crippen molar-refractivity contribution < 1.29 is 38.2 Å². The van der Waals surface area contributed by atoms with Crippen molar-refractivity contribution in [2.45, 2.75) is 219 Å². The Morgan fingerprint density at radius 2 is 0.815 bits per heavy atom. The molecule has 0 heterocycles. The number of carbonyl (C=O) groups excluding carboxylic acids is 2. The number of nitrogens with zero attached hydrogens (tertiary/aromatic N) is 1. The molecular weight excluding hydrogens is 811 g/mol. The first-order valence-electron chi connectivity index (χ1n) is 26.1. The second-order valence-electron chi connectivity index (χ2n) is 18.4. The first kappa shape index (κ1) is 61.5. The zero-order valence-electron chi connectivity index (χ0n) is 42.4. The van der Waals surface area contributed by atoms with Crippen LogP contribution in [0.4, 0.5) is 0 Å². The fourth-order valence-corrected chi connectivity index (χ4v) is 7.33. The summed E-state index contributed by atoms with van der Waals surface area (Å²) in [5, 5.41) is 9.66. The van der Waals surface area contributed by atoms with Gasteiger partial charge in [0.15, 0.2) is 12.1 Å². The lowest BCUT2D eigenvalue weighted by Gasteiger charge is -2.31. The van der Waals surface area contributed by atoms with Crippen LogP contribution in [0.15, 0.2) is 85.1 Å². The number of carboxylic acids is 1. The Kier molecular flexibility index (Phi) is 44.5. The number of aliphatic carboxylic acids is 1. The number of quaternary nitrogens is 1. The van der Waals surface area contributed by atoms with Crippen LogP contribution in [0.5, 0.6) is 0 Å². The van der Waals surface area contributed by atoms with Crippen molar-refractivity contribution in [3.05, 3.63) is 85.1 Å². The molecule has 372 valence electrons. The average molecular weight is 909 g/mol. The topological polar surface area (TPSA) is 99.1 Å². The number of ether oxygens (including phenoxy) is 3. The Hall–Kier alpha value is -3.49. The van der Waals surface area contributed by atoms with Crippen molar-refractivity contribution in [3.8, 4) is 0 Å². The van der Waals surface area contributed by atoms with E-state index in [0.29, 0.717) is 19.3 Å². The number of hydrogen-bond acceptors (Lipinski definition) is 6. The molecule has 0 saturated heterocycles. The first-order chi connectivity index (χ1) is 31.6. The van der Waals surface area contributed by atoms with Crippen molar-refractivity contribution in [1.82, 2.24) is 0 Å². The molecule has 0 spiro atoms. The second-order valence-corrected chi connectivity index (χ2v) is 18.4. The van der Waals surface area contributed by atoms with Crippen LogP contribution in [0.25, 0.3) is 0 Å². The Balaban J connectivity index is 4.26. The number of carbonyl (C=O) groups is 3. The lowest BCUT2D eigenvalue weighted by atomic mass is 10.0. The fourth-order valence-electron chi connectivity index (χ4n) is 7.33. The number of likely N-dealkylation sites (N-methyl/N-ethyl adjacent to an activating group) is 1. The van der Waals surface area contributed by atoms with E-state index in [9.17, 15) is 19.5 Å². The maximum absolute atomic E-state index is 12.8. The van der Waals surface area contributed by atoms with Crippen molar-refractivity contribution in [2.24, 2.45) is 0 Å². The number of carboxylic acid groups (broad SMARTS) is 1. The van der Waals surface area contributed by atoms with E-state index in [-0.39, 0.29) is 36.2 Å². The molecule has 2 atom stereocenters. The molecule has 65 heavy (non-hydrogen) atoms. The standard InChI is InChI=1S/C57H97NO7/c1-6-8-10-12-14-16-18-20-22-24-26-28-30-32-34-36-38-40-42-44-46-48-56(60)65-53(51-63-50-49-54(57(61)62)58(3,4)5)52-64-55(59)47-45-43-41-39-37-35-33-31-29-27-25-23-21-19-17-15-13-11-9-7-2/h8-11,14-17,20-23,27,29,53-54H,6-7,12-13,18-19,24-26,28,30-52H2,1-5H3/p+1/b10-8+,11-9+,16-14+,17-15+,22-20+,23-21+,29-27+. The summed E-state index contributed by atoms with van der Waals surface area (Å²) in [7, 11) is 5.53. The summed E-state index contributed by atoms with van der Waals surface area (Å²) in [4.78, 5) is 37.2. The van der Waals surface area contributed by atoms with E-state index in [1.165, 1.54) is 83.5 Å². The van der Waals surface area contributed by atoms with Crippen LogP contribution in [0, 0.1) is 0 Å². The van der Waals surface area contributed by atoms with Crippen molar-refractivity contribution in [2.75, 3.05) is 41.0 Å². The third-order valence-electron chi connectivity index (χ3n) is 11.3. The van der Waals surface area contributed by atoms with Gasteiger partial charge in [-0.2, -0.15) is 0 Å². The maximum Gasteiger partial charge on any atom is 0.362 e. The molecule has 0 aliphatic heterocycles. The normalized spacial score (nSPS) is 13.6.